The fraction of sp³-hybridized carbons (Fsp3) is 0.0556. The fourth-order valence-corrected chi connectivity index (χ4v) is 2.47. The van der Waals surface area contributed by atoms with E-state index in [-0.39, 0.29) is 5.78 Å². The molecule has 2 aromatic carbocycles. The topological polar surface area (TPSA) is 68.6 Å². The fourth-order valence-electron chi connectivity index (χ4n) is 2.12. The maximum absolute atomic E-state index is 11.0. The molecule has 4 rings (SSSR count). The van der Waals surface area contributed by atoms with Crippen molar-refractivity contribution in [2.45, 2.75) is 6.92 Å². The predicted molar refractivity (Wildman–Crippen MR) is 96.8 cm³/mol. The van der Waals surface area contributed by atoms with Crippen LogP contribution in [0.2, 0.25) is 0 Å². The lowest BCUT2D eigenvalue weighted by molar-refractivity contribution is 0.101. The van der Waals surface area contributed by atoms with Crippen LogP contribution in [0.15, 0.2) is 65.7 Å². The summed E-state index contributed by atoms with van der Waals surface area (Å²) < 4.78 is 1.03. The number of hydrogen-bond acceptors (Lipinski definition) is 5. The number of nitrogens with zero attached hydrogens (tertiary/aromatic N) is 4. The molecule has 4 aromatic rings. The highest BCUT2D eigenvalue weighted by Crippen LogP contribution is 2.15. The lowest BCUT2D eigenvalue weighted by Gasteiger charge is -1.97. The van der Waals surface area contributed by atoms with Crippen molar-refractivity contribution >= 4 is 43.8 Å². The number of rotatable bonds is 1. The van der Waals surface area contributed by atoms with Crippen molar-refractivity contribution in [1.29, 1.82) is 0 Å². The SMILES string of the molecule is Brc1ccc2nccnc2c1.CC(=O)c1ccc2nccnc2c1. The van der Waals surface area contributed by atoms with E-state index in [1.807, 2.05) is 18.2 Å². The second-order valence-corrected chi connectivity index (χ2v) is 5.92. The molecular weight excluding hydrogens is 368 g/mol. The third-order valence-electron chi connectivity index (χ3n) is 3.31. The maximum Gasteiger partial charge on any atom is 0.159 e. The number of carbonyl (C=O) groups excluding carboxylic acids is 1. The molecule has 5 nitrogen and oxygen atoms in total. The highest BCUT2D eigenvalue weighted by Gasteiger charge is 2.01. The first kappa shape index (κ1) is 16.1. The van der Waals surface area contributed by atoms with Crippen LogP contribution in [-0.2, 0) is 0 Å². The van der Waals surface area contributed by atoms with Gasteiger partial charge in [-0.1, -0.05) is 15.9 Å². The van der Waals surface area contributed by atoms with Crippen LogP contribution >= 0.6 is 15.9 Å². The first-order valence-electron chi connectivity index (χ1n) is 7.21. The molecule has 0 aliphatic carbocycles. The normalized spacial score (nSPS) is 10.2. The van der Waals surface area contributed by atoms with Gasteiger partial charge in [0.2, 0.25) is 0 Å². The van der Waals surface area contributed by atoms with E-state index in [1.165, 1.54) is 6.92 Å². The zero-order valence-corrected chi connectivity index (χ0v) is 14.4. The van der Waals surface area contributed by atoms with E-state index in [0.717, 1.165) is 26.5 Å². The summed E-state index contributed by atoms with van der Waals surface area (Å²) in [6, 6.07) is 11.2. The van der Waals surface area contributed by atoms with Crippen LogP contribution in [-0.4, -0.2) is 25.7 Å². The number of aromatic nitrogens is 4. The molecule has 0 atom stereocenters. The number of carbonyl (C=O) groups is 1. The molecule has 2 aromatic heterocycles. The minimum absolute atomic E-state index is 0.0487. The Balaban J connectivity index is 0.000000143. The van der Waals surface area contributed by atoms with E-state index in [2.05, 4.69) is 35.9 Å². The summed E-state index contributed by atoms with van der Waals surface area (Å²) in [4.78, 5) is 27.5. The summed E-state index contributed by atoms with van der Waals surface area (Å²) in [6.45, 7) is 1.54. The molecule has 0 radical (unpaired) electrons. The Morgan fingerprint density at radius 3 is 1.83 bits per heavy atom. The van der Waals surface area contributed by atoms with Gasteiger partial charge in [0.05, 0.1) is 22.1 Å². The van der Waals surface area contributed by atoms with Crippen molar-refractivity contribution in [3.63, 3.8) is 0 Å². The Morgan fingerprint density at radius 2 is 1.25 bits per heavy atom. The third-order valence-corrected chi connectivity index (χ3v) is 3.80. The number of benzene rings is 2. The van der Waals surface area contributed by atoms with Gasteiger partial charge >= 0.3 is 0 Å². The van der Waals surface area contributed by atoms with E-state index in [4.69, 9.17) is 0 Å². The van der Waals surface area contributed by atoms with Crippen molar-refractivity contribution in [1.82, 2.24) is 19.9 Å². The van der Waals surface area contributed by atoms with E-state index in [0.29, 0.717) is 5.56 Å². The van der Waals surface area contributed by atoms with E-state index in [9.17, 15) is 4.79 Å². The first-order valence-corrected chi connectivity index (χ1v) is 8.01. The summed E-state index contributed by atoms with van der Waals surface area (Å²) in [5.74, 6) is 0.0487. The molecule has 0 N–H and O–H groups in total. The van der Waals surface area contributed by atoms with E-state index < -0.39 is 0 Å². The van der Waals surface area contributed by atoms with Crippen molar-refractivity contribution in [2.24, 2.45) is 0 Å². The largest absolute Gasteiger partial charge is 0.295 e. The number of halogens is 1. The lowest BCUT2D eigenvalue weighted by atomic mass is 10.1. The second kappa shape index (κ2) is 7.23. The van der Waals surface area contributed by atoms with Crippen LogP contribution in [0.5, 0.6) is 0 Å². The Morgan fingerprint density at radius 1 is 0.750 bits per heavy atom. The summed E-state index contributed by atoms with van der Waals surface area (Å²) in [7, 11) is 0. The molecule has 0 saturated heterocycles. The van der Waals surface area contributed by atoms with Crippen molar-refractivity contribution in [3.8, 4) is 0 Å². The standard InChI is InChI=1S/C10H8N2O.C8H5BrN2/c1-7(13)8-2-3-9-10(6-8)12-5-4-11-9;9-6-1-2-7-8(5-6)11-4-3-10-7/h2-6H,1H3;1-5H. The molecule has 0 spiro atoms. The highest BCUT2D eigenvalue weighted by atomic mass is 79.9. The van der Waals surface area contributed by atoms with Gasteiger partial charge in [0.15, 0.2) is 5.78 Å². The predicted octanol–water partition coefficient (Wildman–Crippen LogP) is 4.22. The van der Waals surface area contributed by atoms with Gasteiger partial charge in [0, 0.05) is 34.8 Å². The molecule has 0 unspecified atom stereocenters. The van der Waals surface area contributed by atoms with Crippen LogP contribution in [0.1, 0.15) is 17.3 Å². The van der Waals surface area contributed by atoms with Gasteiger partial charge in [-0.05, 0) is 43.3 Å². The van der Waals surface area contributed by atoms with Crippen molar-refractivity contribution in [2.75, 3.05) is 0 Å². The van der Waals surface area contributed by atoms with Gasteiger partial charge in [-0.3, -0.25) is 24.7 Å². The number of fused-ring (bicyclic) bond motifs is 2. The minimum Gasteiger partial charge on any atom is -0.295 e. The van der Waals surface area contributed by atoms with Gasteiger partial charge in [-0.15, -0.1) is 0 Å². The Labute approximate surface area is 146 Å². The Kier molecular flexibility index (Phi) is 4.86. The van der Waals surface area contributed by atoms with Gasteiger partial charge in [0.1, 0.15) is 0 Å². The third kappa shape index (κ3) is 3.78. The molecule has 24 heavy (non-hydrogen) atoms. The van der Waals surface area contributed by atoms with Crippen LogP contribution in [0.25, 0.3) is 22.1 Å². The monoisotopic (exact) mass is 380 g/mol. The molecule has 0 bridgehead atoms. The molecule has 0 aliphatic rings. The summed E-state index contributed by atoms with van der Waals surface area (Å²) >= 11 is 3.36. The van der Waals surface area contributed by atoms with Crippen molar-refractivity contribution in [3.05, 3.63) is 71.2 Å². The molecule has 0 amide bonds. The quantitative estimate of drug-likeness (QED) is 0.462. The Bertz CT molecular complexity index is 1020. The van der Waals surface area contributed by atoms with Crippen molar-refractivity contribution < 1.29 is 4.79 Å². The average molecular weight is 381 g/mol. The van der Waals surface area contributed by atoms with Gasteiger partial charge < -0.3 is 0 Å². The zero-order chi connectivity index (χ0) is 16.9. The number of hydrogen-bond donors (Lipinski definition) is 0. The lowest BCUT2D eigenvalue weighted by Crippen LogP contribution is -1.92. The van der Waals surface area contributed by atoms with E-state index >= 15 is 0 Å². The number of Topliss-reactive ketones (excluding diaryl/α,β-unsaturated/α-hetero) is 1. The number of ketones is 1. The smallest absolute Gasteiger partial charge is 0.159 e. The highest BCUT2D eigenvalue weighted by molar-refractivity contribution is 9.10. The average Bonchev–Trinajstić information content (AvgIpc) is 2.61. The molecule has 0 saturated carbocycles. The molecule has 0 fully saturated rings. The molecular formula is C18H13BrN4O. The first-order chi connectivity index (χ1) is 11.6. The summed E-state index contributed by atoms with van der Waals surface area (Å²) in [6.07, 6.45) is 6.63. The van der Waals surface area contributed by atoms with Gasteiger partial charge in [-0.2, -0.15) is 0 Å². The zero-order valence-electron chi connectivity index (χ0n) is 12.8. The van der Waals surface area contributed by atoms with Gasteiger partial charge in [0.25, 0.3) is 0 Å². The van der Waals surface area contributed by atoms with E-state index in [1.54, 1.807) is 43.0 Å². The van der Waals surface area contributed by atoms with Crippen LogP contribution in [0.4, 0.5) is 0 Å². The summed E-state index contributed by atoms with van der Waals surface area (Å²) in [5.41, 5.74) is 4.09. The molecule has 118 valence electrons. The molecule has 2 heterocycles. The van der Waals surface area contributed by atoms with Gasteiger partial charge in [-0.25, -0.2) is 0 Å². The second-order valence-electron chi connectivity index (χ2n) is 5.01. The van der Waals surface area contributed by atoms with Crippen LogP contribution in [0, 0.1) is 0 Å². The minimum atomic E-state index is 0.0487. The molecule has 0 aliphatic heterocycles. The molecule has 6 heteroatoms. The Hall–Kier alpha value is -2.73. The maximum atomic E-state index is 11.0. The summed E-state index contributed by atoms with van der Waals surface area (Å²) in [5, 5.41) is 0. The van der Waals surface area contributed by atoms with Crippen LogP contribution < -0.4 is 0 Å². The van der Waals surface area contributed by atoms with Crippen LogP contribution in [0.3, 0.4) is 0 Å².